The maximum absolute atomic E-state index is 13.1. The van der Waals surface area contributed by atoms with Gasteiger partial charge in [0.05, 0.1) is 17.5 Å². The van der Waals surface area contributed by atoms with E-state index in [1.165, 1.54) is 18.2 Å². The van der Waals surface area contributed by atoms with Crippen LogP contribution in [0.1, 0.15) is 48.9 Å². The Bertz CT molecular complexity index is 556. The van der Waals surface area contributed by atoms with E-state index in [2.05, 4.69) is 21.2 Å². The van der Waals surface area contributed by atoms with Gasteiger partial charge in [-0.15, -0.1) is 0 Å². The van der Waals surface area contributed by atoms with Gasteiger partial charge < -0.3 is 10.4 Å². The van der Waals surface area contributed by atoms with E-state index in [1.54, 1.807) is 0 Å². The molecule has 0 aliphatic heterocycles. The Kier molecular flexibility index (Phi) is 4.98. The molecular weight excluding hydrogens is 341 g/mol. The molecule has 6 heteroatoms. The highest BCUT2D eigenvalue weighted by Crippen LogP contribution is 2.32. The molecule has 1 saturated carbocycles. The zero-order chi connectivity index (χ0) is 15.5. The van der Waals surface area contributed by atoms with Gasteiger partial charge in [0.25, 0.3) is 5.91 Å². The average molecular weight is 358 g/mol. The van der Waals surface area contributed by atoms with Gasteiger partial charge in [-0.2, -0.15) is 0 Å². The molecule has 0 saturated heterocycles. The standard InChI is InChI=1S/C15H17BrFNO3/c16-12-8-10(17)4-5-11(12)14(21)18-15(9-13(19)20)6-2-1-3-7-15/h4-5,8H,1-3,6-7,9H2,(H,18,21)(H,19,20). The number of carbonyl (C=O) groups is 2. The Labute approximate surface area is 130 Å². The Morgan fingerprint density at radius 1 is 1.29 bits per heavy atom. The lowest BCUT2D eigenvalue weighted by molar-refractivity contribution is -0.139. The van der Waals surface area contributed by atoms with Gasteiger partial charge >= 0.3 is 5.97 Å². The monoisotopic (exact) mass is 357 g/mol. The molecule has 0 bridgehead atoms. The van der Waals surface area contributed by atoms with Gasteiger partial charge in [-0.05, 0) is 47.0 Å². The lowest BCUT2D eigenvalue weighted by atomic mass is 9.79. The summed E-state index contributed by atoms with van der Waals surface area (Å²) in [5, 5.41) is 12.0. The van der Waals surface area contributed by atoms with Crippen LogP contribution in [0.25, 0.3) is 0 Å². The molecule has 4 nitrogen and oxygen atoms in total. The predicted octanol–water partition coefficient (Wildman–Crippen LogP) is 3.50. The highest BCUT2D eigenvalue weighted by atomic mass is 79.9. The Balaban J connectivity index is 2.19. The summed E-state index contributed by atoms with van der Waals surface area (Å²) in [5.74, 6) is -1.73. The number of hydrogen-bond acceptors (Lipinski definition) is 2. The van der Waals surface area contributed by atoms with Crippen LogP contribution >= 0.6 is 15.9 Å². The Morgan fingerprint density at radius 3 is 2.52 bits per heavy atom. The second-order valence-corrected chi connectivity index (χ2v) is 6.34. The number of aliphatic carboxylic acids is 1. The lowest BCUT2D eigenvalue weighted by Crippen LogP contribution is -2.51. The van der Waals surface area contributed by atoms with Crippen molar-refractivity contribution in [2.45, 2.75) is 44.1 Å². The first-order valence-electron chi connectivity index (χ1n) is 6.91. The zero-order valence-corrected chi connectivity index (χ0v) is 13.1. The molecule has 1 aliphatic rings. The normalized spacial score (nSPS) is 17.2. The van der Waals surface area contributed by atoms with Crippen LogP contribution < -0.4 is 5.32 Å². The molecule has 0 unspecified atom stereocenters. The van der Waals surface area contributed by atoms with E-state index in [0.29, 0.717) is 22.9 Å². The van der Waals surface area contributed by atoms with Crippen molar-refractivity contribution in [3.8, 4) is 0 Å². The minimum absolute atomic E-state index is 0.0858. The van der Waals surface area contributed by atoms with E-state index in [4.69, 9.17) is 5.11 Å². The van der Waals surface area contributed by atoms with Gasteiger partial charge in [-0.25, -0.2) is 4.39 Å². The van der Waals surface area contributed by atoms with E-state index in [1.807, 2.05) is 0 Å². The van der Waals surface area contributed by atoms with Crippen molar-refractivity contribution in [1.82, 2.24) is 5.32 Å². The third-order valence-corrected chi connectivity index (χ3v) is 4.51. The third-order valence-electron chi connectivity index (χ3n) is 3.85. The van der Waals surface area contributed by atoms with Crippen molar-refractivity contribution in [2.24, 2.45) is 0 Å². The van der Waals surface area contributed by atoms with Crippen LogP contribution in [0, 0.1) is 5.82 Å². The van der Waals surface area contributed by atoms with Crippen LogP contribution in [-0.4, -0.2) is 22.5 Å². The van der Waals surface area contributed by atoms with Crippen molar-refractivity contribution in [3.05, 3.63) is 34.1 Å². The first-order valence-corrected chi connectivity index (χ1v) is 7.71. The second-order valence-electron chi connectivity index (χ2n) is 5.49. The molecule has 0 heterocycles. The summed E-state index contributed by atoms with van der Waals surface area (Å²) in [6.07, 6.45) is 4.08. The maximum Gasteiger partial charge on any atom is 0.305 e. The van der Waals surface area contributed by atoms with Crippen molar-refractivity contribution in [3.63, 3.8) is 0 Å². The van der Waals surface area contributed by atoms with Crippen molar-refractivity contribution < 1.29 is 19.1 Å². The molecule has 1 aliphatic carbocycles. The van der Waals surface area contributed by atoms with Crippen LogP contribution in [0.2, 0.25) is 0 Å². The Morgan fingerprint density at radius 2 is 1.95 bits per heavy atom. The van der Waals surface area contributed by atoms with Crippen LogP contribution in [0.4, 0.5) is 4.39 Å². The molecule has 21 heavy (non-hydrogen) atoms. The molecule has 1 aromatic rings. The fourth-order valence-electron chi connectivity index (χ4n) is 2.85. The number of carboxylic acid groups (broad SMARTS) is 1. The quantitative estimate of drug-likeness (QED) is 0.866. The predicted molar refractivity (Wildman–Crippen MR) is 79.6 cm³/mol. The maximum atomic E-state index is 13.1. The van der Waals surface area contributed by atoms with Crippen LogP contribution in [0.5, 0.6) is 0 Å². The number of benzene rings is 1. The first kappa shape index (κ1) is 15.9. The van der Waals surface area contributed by atoms with Crippen LogP contribution in [0.15, 0.2) is 22.7 Å². The fraction of sp³-hybridized carbons (Fsp3) is 0.467. The smallest absolute Gasteiger partial charge is 0.305 e. The summed E-state index contributed by atoms with van der Waals surface area (Å²) in [6, 6.07) is 3.83. The second kappa shape index (κ2) is 6.56. The summed E-state index contributed by atoms with van der Waals surface area (Å²) in [7, 11) is 0. The van der Waals surface area contributed by atoms with Crippen LogP contribution in [-0.2, 0) is 4.79 Å². The number of nitrogens with one attached hydrogen (secondary N) is 1. The SMILES string of the molecule is O=C(O)CC1(NC(=O)c2ccc(F)cc2Br)CCCCC1. The summed E-state index contributed by atoms with van der Waals surface area (Å²) >= 11 is 3.16. The molecule has 0 spiro atoms. The number of halogens is 2. The summed E-state index contributed by atoms with van der Waals surface area (Å²) in [6.45, 7) is 0. The van der Waals surface area contributed by atoms with E-state index in [9.17, 15) is 14.0 Å². The molecule has 0 radical (unpaired) electrons. The highest BCUT2D eigenvalue weighted by molar-refractivity contribution is 9.10. The molecule has 0 aromatic heterocycles. The molecule has 114 valence electrons. The van der Waals surface area contributed by atoms with Gasteiger partial charge in [0, 0.05) is 4.47 Å². The average Bonchev–Trinajstić information content (AvgIpc) is 2.38. The van der Waals surface area contributed by atoms with Crippen molar-refractivity contribution >= 4 is 27.8 Å². The van der Waals surface area contributed by atoms with Gasteiger partial charge in [0.1, 0.15) is 5.82 Å². The van der Waals surface area contributed by atoms with Crippen molar-refractivity contribution in [2.75, 3.05) is 0 Å². The van der Waals surface area contributed by atoms with Gasteiger partial charge in [0.2, 0.25) is 0 Å². The molecule has 0 atom stereocenters. The highest BCUT2D eigenvalue weighted by Gasteiger charge is 2.36. The number of rotatable bonds is 4. The fourth-order valence-corrected chi connectivity index (χ4v) is 3.38. The van der Waals surface area contributed by atoms with Crippen molar-refractivity contribution in [1.29, 1.82) is 0 Å². The van der Waals surface area contributed by atoms with E-state index < -0.39 is 17.3 Å². The summed E-state index contributed by atoms with van der Waals surface area (Å²) < 4.78 is 13.4. The van der Waals surface area contributed by atoms with Gasteiger partial charge in [-0.1, -0.05) is 19.3 Å². The van der Waals surface area contributed by atoms with Crippen LogP contribution in [0.3, 0.4) is 0 Å². The van der Waals surface area contributed by atoms with Gasteiger partial charge in [0.15, 0.2) is 0 Å². The molecule has 1 fully saturated rings. The molecule has 2 N–H and O–H groups in total. The molecule has 1 amide bonds. The minimum atomic E-state index is -0.921. The van der Waals surface area contributed by atoms with Gasteiger partial charge in [-0.3, -0.25) is 9.59 Å². The number of hydrogen-bond donors (Lipinski definition) is 2. The minimum Gasteiger partial charge on any atom is -0.481 e. The largest absolute Gasteiger partial charge is 0.481 e. The zero-order valence-electron chi connectivity index (χ0n) is 11.5. The summed E-state index contributed by atoms with van der Waals surface area (Å²) in [5.41, 5.74) is -0.388. The number of carboxylic acids is 1. The molecular formula is C15H17BrFNO3. The van der Waals surface area contributed by atoms with E-state index >= 15 is 0 Å². The molecule has 1 aromatic carbocycles. The third kappa shape index (κ3) is 4.03. The summed E-state index contributed by atoms with van der Waals surface area (Å²) in [4.78, 5) is 23.5. The van der Waals surface area contributed by atoms with E-state index in [0.717, 1.165) is 19.3 Å². The first-order chi connectivity index (χ1) is 9.92. The number of amides is 1. The topological polar surface area (TPSA) is 66.4 Å². The number of carbonyl (C=O) groups excluding carboxylic acids is 1. The Hall–Kier alpha value is -1.43. The molecule has 2 rings (SSSR count). The lowest BCUT2D eigenvalue weighted by Gasteiger charge is -2.37. The van der Waals surface area contributed by atoms with E-state index in [-0.39, 0.29) is 12.3 Å².